The van der Waals surface area contributed by atoms with Crippen molar-refractivity contribution >= 4 is 23.6 Å². The van der Waals surface area contributed by atoms with Crippen molar-refractivity contribution in [2.24, 2.45) is 5.92 Å². The Bertz CT molecular complexity index is 388. The van der Waals surface area contributed by atoms with Crippen molar-refractivity contribution in [3.05, 3.63) is 28.8 Å². The van der Waals surface area contributed by atoms with Crippen molar-refractivity contribution in [3.8, 4) is 0 Å². The van der Waals surface area contributed by atoms with Crippen molar-refractivity contribution in [2.45, 2.75) is 33.6 Å². The minimum atomic E-state index is 0.533. The maximum Gasteiger partial charge on any atom is 0.153 e. The number of halogens is 1. The van der Waals surface area contributed by atoms with Gasteiger partial charge in [0.15, 0.2) is 6.29 Å². The first-order chi connectivity index (χ1) is 8.67. The molecule has 0 aliphatic rings. The number of carbonyl (C=O) groups excluding carboxylic acids is 1. The average molecular weight is 268 g/mol. The lowest BCUT2D eigenvalue weighted by Crippen LogP contribution is -2.29. The fraction of sp³-hybridized carbons (Fsp3) is 0.533. The van der Waals surface area contributed by atoms with E-state index in [4.69, 9.17) is 11.6 Å². The van der Waals surface area contributed by atoms with Gasteiger partial charge in [-0.15, -0.1) is 0 Å². The van der Waals surface area contributed by atoms with Crippen LogP contribution in [0.5, 0.6) is 0 Å². The lowest BCUT2D eigenvalue weighted by atomic mass is 10.0. The summed E-state index contributed by atoms with van der Waals surface area (Å²) in [7, 11) is 0. The highest BCUT2D eigenvalue weighted by Crippen LogP contribution is 2.27. The van der Waals surface area contributed by atoms with E-state index in [9.17, 15) is 4.79 Å². The molecule has 0 N–H and O–H groups in total. The van der Waals surface area contributed by atoms with Gasteiger partial charge in [-0.2, -0.15) is 0 Å². The summed E-state index contributed by atoms with van der Waals surface area (Å²) in [5, 5.41) is 0.533. The summed E-state index contributed by atoms with van der Waals surface area (Å²) in [5.41, 5.74) is 1.55. The molecule has 0 bridgehead atoms. The molecular formula is C15H22ClNO. The van der Waals surface area contributed by atoms with Crippen LogP contribution in [0, 0.1) is 5.92 Å². The van der Waals surface area contributed by atoms with Crippen LogP contribution in [0.2, 0.25) is 5.02 Å². The quantitative estimate of drug-likeness (QED) is 0.682. The Labute approximate surface area is 115 Å². The first kappa shape index (κ1) is 15.0. The van der Waals surface area contributed by atoms with Crippen LogP contribution >= 0.6 is 11.6 Å². The molecule has 1 rings (SSSR count). The Morgan fingerprint density at radius 1 is 1.28 bits per heavy atom. The van der Waals surface area contributed by atoms with Gasteiger partial charge in [0.25, 0.3) is 0 Å². The number of aldehydes is 1. The molecule has 0 aliphatic carbocycles. The monoisotopic (exact) mass is 267 g/mol. The molecule has 2 nitrogen and oxygen atoms in total. The minimum absolute atomic E-state index is 0.533. The number of carbonyl (C=O) groups is 1. The lowest BCUT2D eigenvalue weighted by Gasteiger charge is -2.28. The summed E-state index contributed by atoms with van der Waals surface area (Å²) in [6.45, 7) is 8.39. The molecule has 100 valence electrons. The zero-order chi connectivity index (χ0) is 13.5. The van der Waals surface area contributed by atoms with Gasteiger partial charge in [-0.05, 0) is 25.0 Å². The normalized spacial score (nSPS) is 10.7. The molecule has 0 heterocycles. The van der Waals surface area contributed by atoms with E-state index < -0.39 is 0 Å². The summed E-state index contributed by atoms with van der Waals surface area (Å²) in [6, 6.07) is 5.64. The van der Waals surface area contributed by atoms with E-state index in [1.54, 1.807) is 6.07 Å². The van der Waals surface area contributed by atoms with E-state index in [1.165, 1.54) is 0 Å². The molecule has 0 atom stereocenters. The van der Waals surface area contributed by atoms with Gasteiger partial charge in [0.1, 0.15) is 0 Å². The molecule has 0 saturated carbocycles. The van der Waals surface area contributed by atoms with Gasteiger partial charge in [-0.1, -0.05) is 44.4 Å². The highest BCUT2D eigenvalue weighted by Gasteiger charge is 2.15. The van der Waals surface area contributed by atoms with E-state index >= 15 is 0 Å². The smallest absolute Gasteiger partial charge is 0.153 e. The van der Waals surface area contributed by atoms with Gasteiger partial charge >= 0.3 is 0 Å². The van der Waals surface area contributed by atoms with Crippen molar-refractivity contribution in [1.82, 2.24) is 0 Å². The Balaban J connectivity index is 3.01. The lowest BCUT2D eigenvalue weighted by molar-refractivity contribution is 0.112. The highest BCUT2D eigenvalue weighted by atomic mass is 35.5. The molecule has 0 unspecified atom stereocenters. The van der Waals surface area contributed by atoms with Crippen molar-refractivity contribution in [3.63, 3.8) is 0 Å². The van der Waals surface area contributed by atoms with Gasteiger partial charge in [0.05, 0.1) is 10.6 Å². The van der Waals surface area contributed by atoms with Gasteiger partial charge in [0.2, 0.25) is 0 Å². The summed E-state index contributed by atoms with van der Waals surface area (Å²) in [6.07, 6.45) is 3.17. The third-order valence-corrected chi connectivity index (χ3v) is 3.83. The SMILES string of the molecule is CCC(CC)CN(CC)c1cccc(Cl)c1C=O. The van der Waals surface area contributed by atoms with Crippen LogP contribution in [0.15, 0.2) is 18.2 Å². The Hall–Kier alpha value is -1.02. The molecule has 0 fully saturated rings. The number of nitrogens with zero attached hydrogens (tertiary/aromatic N) is 1. The number of anilines is 1. The third-order valence-electron chi connectivity index (χ3n) is 3.50. The molecular weight excluding hydrogens is 246 g/mol. The second kappa shape index (κ2) is 7.42. The Morgan fingerprint density at radius 3 is 2.44 bits per heavy atom. The van der Waals surface area contributed by atoms with Crippen molar-refractivity contribution in [1.29, 1.82) is 0 Å². The van der Waals surface area contributed by atoms with Gasteiger partial charge < -0.3 is 4.90 Å². The maximum absolute atomic E-state index is 11.2. The molecule has 1 aromatic rings. The van der Waals surface area contributed by atoms with Crippen LogP contribution in [0.3, 0.4) is 0 Å². The Morgan fingerprint density at radius 2 is 1.94 bits per heavy atom. The largest absolute Gasteiger partial charge is 0.371 e. The predicted molar refractivity (Wildman–Crippen MR) is 78.8 cm³/mol. The van der Waals surface area contributed by atoms with Crippen LogP contribution in [0.4, 0.5) is 5.69 Å². The van der Waals surface area contributed by atoms with E-state index in [1.807, 2.05) is 12.1 Å². The summed E-state index contributed by atoms with van der Waals surface area (Å²) in [5.74, 6) is 0.656. The first-order valence-electron chi connectivity index (χ1n) is 6.66. The third kappa shape index (κ3) is 3.49. The van der Waals surface area contributed by atoms with Crippen LogP contribution in [-0.2, 0) is 0 Å². The maximum atomic E-state index is 11.2. The van der Waals surface area contributed by atoms with Crippen LogP contribution in [-0.4, -0.2) is 19.4 Å². The number of hydrogen-bond acceptors (Lipinski definition) is 2. The number of hydrogen-bond donors (Lipinski definition) is 0. The van der Waals surface area contributed by atoms with E-state index in [-0.39, 0.29) is 0 Å². The second-order valence-corrected chi connectivity index (χ2v) is 4.92. The number of rotatable bonds is 7. The molecule has 0 saturated heterocycles. The average Bonchev–Trinajstić information content (AvgIpc) is 2.40. The molecule has 0 aromatic heterocycles. The van der Waals surface area contributed by atoms with Gasteiger partial charge in [-0.3, -0.25) is 4.79 Å². The highest BCUT2D eigenvalue weighted by molar-refractivity contribution is 6.33. The summed E-state index contributed by atoms with van der Waals surface area (Å²) in [4.78, 5) is 13.4. The van der Waals surface area contributed by atoms with Gasteiger partial charge in [0, 0.05) is 18.8 Å². The van der Waals surface area contributed by atoms with Crippen LogP contribution in [0.25, 0.3) is 0 Å². The standard InChI is InChI=1S/C15H22ClNO/c1-4-12(5-2)10-17(6-3)15-9-7-8-14(16)13(15)11-18/h7-9,11-12H,4-6,10H2,1-3H3. The summed E-state index contributed by atoms with van der Waals surface area (Å²) < 4.78 is 0. The zero-order valence-corrected chi connectivity index (χ0v) is 12.2. The molecule has 18 heavy (non-hydrogen) atoms. The predicted octanol–water partition coefficient (Wildman–Crippen LogP) is 4.42. The zero-order valence-electron chi connectivity index (χ0n) is 11.4. The minimum Gasteiger partial charge on any atom is -0.371 e. The first-order valence-corrected chi connectivity index (χ1v) is 7.04. The van der Waals surface area contributed by atoms with Crippen molar-refractivity contribution in [2.75, 3.05) is 18.0 Å². The second-order valence-electron chi connectivity index (χ2n) is 4.51. The fourth-order valence-corrected chi connectivity index (χ4v) is 2.39. The van der Waals surface area contributed by atoms with E-state index in [2.05, 4.69) is 25.7 Å². The molecule has 1 aromatic carbocycles. The molecule has 3 heteroatoms. The Kier molecular flexibility index (Phi) is 6.20. The molecule has 0 amide bonds. The topological polar surface area (TPSA) is 20.3 Å². The van der Waals surface area contributed by atoms with Crippen LogP contribution < -0.4 is 4.90 Å². The molecule has 0 spiro atoms. The summed E-state index contributed by atoms with van der Waals surface area (Å²) >= 11 is 6.08. The molecule has 0 radical (unpaired) electrons. The van der Waals surface area contributed by atoms with E-state index in [0.717, 1.165) is 37.9 Å². The molecule has 0 aliphatic heterocycles. The fourth-order valence-electron chi connectivity index (χ4n) is 2.17. The van der Waals surface area contributed by atoms with Crippen molar-refractivity contribution < 1.29 is 4.79 Å². The van der Waals surface area contributed by atoms with E-state index in [0.29, 0.717) is 16.5 Å². The van der Waals surface area contributed by atoms with Crippen LogP contribution in [0.1, 0.15) is 44.0 Å². The van der Waals surface area contributed by atoms with Gasteiger partial charge in [-0.25, -0.2) is 0 Å². The number of benzene rings is 1.